The van der Waals surface area contributed by atoms with Gasteiger partial charge in [-0.1, -0.05) is 30.3 Å². The second kappa shape index (κ2) is 11.6. The second-order valence-electron chi connectivity index (χ2n) is 8.32. The van der Waals surface area contributed by atoms with Gasteiger partial charge in [-0.3, -0.25) is 14.6 Å². The molecule has 1 aliphatic rings. The molecule has 0 unspecified atom stereocenters. The summed E-state index contributed by atoms with van der Waals surface area (Å²) < 4.78 is 32.7. The molecule has 2 amide bonds. The van der Waals surface area contributed by atoms with Crippen molar-refractivity contribution >= 4 is 39.1 Å². The molecule has 3 aromatic rings. The summed E-state index contributed by atoms with van der Waals surface area (Å²) in [7, 11) is -2.70. The Kier molecular flexibility index (Phi) is 8.31. The van der Waals surface area contributed by atoms with Crippen molar-refractivity contribution in [2.75, 3.05) is 26.7 Å². The summed E-state index contributed by atoms with van der Waals surface area (Å²) >= 11 is 1.23. The minimum absolute atomic E-state index is 0.00633. The summed E-state index contributed by atoms with van der Waals surface area (Å²) in [6, 6.07) is 12.5. The third kappa shape index (κ3) is 6.04. The Bertz CT molecular complexity index is 1330. The average Bonchev–Trinajstić information content (AvgIpc) is 3.47. The van der Waals surface area contributed by atoms with Crippen LogP contribution in [-0.2, 0) is 30.8 Å². The van der Waals surface area contributed by atoms with E-state index in [4.69, 9.17) is 4.74 Å². The SMILES string of the molecule is COC(=O)[C@@H](Cc1cccnc1)NC(=O)[C@H]1CN(S(=O)(=O)c2ccccc2)CCN1C(=O)c1cccs1. The molecule has 3 heterocycles. The number of hydrogen-bond acceptors (Lipinski definition) is 8. The van der Waals surface area contributed by atoms with Crippen LogP contribution in [0.15, 0.2) is 77.3 Å². The van der Waals surface area contributed by atoms with Crippen molar-refractivity contribution in [1.82, 2.24) is 19.5 Å². The Morgan fingerprint density at radius 3 is 2.54 bits per heavy atom. The summed E-state index contributed by atoms with van der Waals surface area (Å²) in [5, 5.41) is 4.42. The van der Waals surface area contributed by atoms with Gasteiger partial charge in [-0.25, -0.2) is 13.2 Å². The zero-order chi connectivity index (χ0) is 26.4. The van der Waals surface area contributed by atoms with Gasteiger partial charge in [-0.05, 0) is 35.2 Å². The number of pyridine rings is 1. The van der Waals surface area contributed by atoms with Crippen LogP contribution in [0.1, 0.15) is 15.2 Å². The number of sulfonamides is 1. The molecular formula is C25H26N4O6S2. The molecule has 1 aliphatic heterocycles. The van der Waals surface area contributed by atoms with Gasteiger partial charge in [0, 0.05) is 38.4 Å². The average molecular weight is 543 g/mol. The van der Waals surface area contributed by atoms with Gasteiger partial charge >= 0.3 is 5.97 Å². The molecule has 0 saturated carbocycles. The van der Waals surface area contributed by atoms with Gasteiger partial charge in [0.15, 0.2) is 0 Å². The van der Waals surface area contributed by atoms with E-state index in [2.05, 4.69) is 10.3 Å². The van der Waals surface area contributed by atoms with Crippen LogP contribution in [0.3, 0.4) is 0 Å². The predicted molar refractivity (Wildman–Crippen MR) is 136 cm³/mol. The number of amides is 2. The van der Waals surface area contributed by atoms with Crippen molar-refractivity contribution < 1.29 is 27.5 Å². The number of methoxy groups -OCH3 is 1. The predicted octanol–water partition coefficient (Wildman–Crippen LogP) is 1.56. The van der Waals surface area contributed by atoms with Crippen LogP contribution < -0.4 is 5.32 Å². The van der Waals surface area contributed by atoms with Crippen LogP contribution >= 0.6 is 11.3 Å². The zero-order valence-corrected chi connectivity index (χ0v) is 21.7. The van der Waals surface area contributed by atoms with E-state index in [1.165, 1.54) is 39.8 Å². The third-order valence-corrected chi connectivity index (χ3v) is 8.72. The molecule has 2 aromatic heterocycles. The fourth-order valence-corrected chi connectivity index (χ4v) is 6.22. The highest BCUT2D eigenvalue weighted by Crippen LogP contribution is 2.23. The number of benzene rings is 1. The molecule has 12 heteroatoms. The second-order valence-corrected chi connectivity index (χ2v) is 11.2. The van der Waals surface area contributed by atoms with Crippen molar-refractivity contribution in [3.8, 4) is 0 Å². The van der Waals surface area contributed by atoms with E-state index in [9.17, 15) is 22.8 Å². The van der Waals surface area contributed by atoms with Gasteiger partial charge < -0.3 is 15.0 Å². The van der Waals surface area contributed by atoms with E-state index in [0.29, 0.717) is 10.4 Å². The molecule has 1 saturated heterocycles. The first-order valence-corrected chi connectivity index (χ1v) is 13.8. The van der Waals surface area contributed by atoms with E-state index in [1.54, 1.807) is 60.2 Å². The summed E-state index contributed by atoms with van der Waals surface area (Å²) in [6.07, 6.45) is 3.28. The lowest BCUT2D eigenvalue weighted by atomic mass is 10.1. The maximum atomic E-state index is 13.6. The van der Waals surface area contributed by atoms with Crippen LogP contribution in [0.4, 0.5) is 0 Å². The largest absolute Gasteiger partial charge is 0.467 e. The molecular weight excluding hydrogens is 516 g/mol. The monoisotopic (exact) mass is 542 g/mol. The summed E-state index contributed by atoms with van der Waals surface area (Å²) in [5.41, 5.74) is 0.696. The summed E-state index contributed by atoms with van der Waals surface area (Å²) in [5.74, 6) is -1.70. The van der Waals surface area contributed by atoms with Gasteiger partial charge in [0.05, 0.1) is 16.9 Å². The Morgan fingerprint density at radius 1 is 1.11 bits per heavy atom. The number of piperazine rings is 1. The number of esters is 1. The highest BCUT2D eigenvalue weighted by Gasteiger charge is 2.41. The number of nitrogens with one attached hydrogen (secondary N) is 1. The molecule has 0 bridgehead atoms. The first kappa shape index (κ1) is 26.5. The molecule has 2 atom stereocenters. The van der Waals surface area contributed by atoms with E-state index >= 15 is 0 Å². The fraction of sp³-hybridized carbons (Fsp3) is 0.280. The Morgan fingerprint density at radius 2 is 1.89 bits per heavy atom. The van der Waals surface area contributed by atoms with Gasteiger partial charge in [0.25, 0.3) is 5.91 Å². The molecule has 1 fully saturated rings. The van der Waals surface area contributed by atoms with Gasteiger partial charge in [0.2, 0.25) is 15.9 Å². The van der Waals surface area contributed by atoms with E-state index in [-0.39, 0.29) is 36.9 Å². The van der Waals surface area contributed by atoms with Crippen LogP contribution in [0.25, 0.3) is 0 Å². The van der Waals surface area contributed by atoms with Crippen LogP contribution in [0, 0.1) is 0 Å². The van der Waals surface area contributed by atoms with E-state index < -0.39 is 34.0 Å². The highest BCUT2D eigenvalue weighted by atomic mass is 32.2. The van der Waals surface area contributed by atoms with Crippen molar-refractivity contribution in [2.24, 2.45) is 0 Å². The Balaban J connectivity index is 1.61. The number of thiophene rings is 1. The maximum Gasteiger partial charge on any atom is 0.328 e. The van der Waals surface area contributed by atoms with Crippen LogP contribution in [-0.4, -0.2) is 79.2 Å². The van der Waals surface area contributed by atoms with E-state index in [0.717, 1.165) is 0 Å². The van der Waals surface area contributed by atoms with E-state index in [1.807, 2.05) is 0 Å². The Hall–Kier alpha value is -3.61. The number of carbonyl (C=O) groups is 3. The van der Waals surface area contributed by atoms with Crippen molar-refractivity contribution in [3.05, 3.63) is 82.8 Å². The molecule has 37 heavy (non-hydrogen) atoms. The van der Waals surface area contributed by atoms with Gasteiger partial charge in [-0.15, -0.1) is 11.3 Å². The summed E-state index contributed by atoms with van der Waals surface area (Å²) in [4.78, 5) is 45.2. The number of aromatic nitrogens is 1. The molecule has 1 N–H and O–H groups in total. The minimum atomic E-state index is -3.91. The third-order valence-electron chi connectivity index (χ3n) is 5.98. The quantitative estimate of drug-likeness (QED) is 0.428. The van der Waals surface area contributed by atoms with Crippen molar-refractivity contribution in [1.29, 1.82) is 0 Å². The standard InChI is InChI=1S/C25H26N4O6S2/c1-35-25(32)20(15-18-7-5-11-26-16-18)27-23(30)21-17-28(37(33,34)19-8-3-2-4-9-19)12-13-29(21)24(31)22-10-6-14-36-22/h2-11,14,16,20-21H,12-13,15,17H2,1H3,(H,27,30)/t20-,21-/m1/s1. The molecule has 1 aromatic carbocycles. The molecule has 194 valence electrons. The first-order valence-electron chi connectivity index (χ1n) is 11.5. The molecule has 0 aliphatic carbocycles. The minimum Gasteiger partial charge on any atom is -0.467 e. The lowest BCUT2D eigenvalue weighted by Gasteiger charge is -2.40. The molecule has 0 radical (unpaired) electrons. The normalized spacial score (nSPS) is 17.1. The van der Waals surface area contributed by atoms with Gasteiger partial charge in [-0.2, -0.15) is 4.31 Å². The van der Waals surface area contributed by atoms with Crippen molar-refractivity contribution in [2.45, 2.75) is 23.4 Å². The lowest BCUT2D eigenvalue weighted by molar-refractivity contribution is -0.145. The number of nitrogens with zero attached hydrogens (tertiary/aromatic N) is 3. The van der Waals surface area contributed by atoms with Gasteiger partial charge in [0.1, 0.15) is 12.1 Å². The number of carbonyl (C=O) groups excluding carboxylic acids is 3. The lowest BCUT2D eigenvalue weighted by Crippen LogP contribution is -2.62. The van der Waals surface area contributed by atoms with Crippen molar-refractivity contribution in [3.63, 3.8) is 0 Å². The zero-order valence-electron chi connectivity index (χ0n) is 20.0. The maximum absolute atomic E-state index is 13.6. The highest BCUT2D eigenvalue weighted by molar-refractivity contribution is 7.89. The summed E-state index contributed by atoms with van der Waals surface area (Å²) in [6.45, 7) is -0.235. The Labute approximate surface area is 218 Å². The number of ether oxygens (including phenoxy) is 1. The molecule has 0 spiro atoms. The number of rotatable bonds is 8. The topological polar surface area (TPSA) is 126 Å². The van der Waals surface area contributed by atoms with Crippen LogP contribution in [0.2, 0.25) is 0 Å². The first-order chi connectivity index (χ1) is 17.8. The smallest absolute Gasteiger partial charge is 0.328 e. The number of hydrogen-bond donors (Lipinski definition) is 1. The fourth-order valence-electron chi connectivity index (χ4n) is 4.09. The van der Waals surface area contributed by atoms with Crippen LogP contribution in [0.5, 0.6) is 0 Å². The molecule has 10 nitrogen and oxygen atoms in total. The molecule has 4 rings (SSSR count).